The third kappa shape index (κ3) is 2.98. The number of alkyl halides is 1. The second kappa shape index (κ2) is 5.77. The molecule has 122 valence electrons. The lowest BCUT2D eigenvalue weighted by molar-refractivity contribution is 0.289. The molecule has 2 fully saturated rings. The highest BCUT2D eigenvalue weighted by atomic mass is 19.1. The van der Waals surface area contributed by atoms with Crippen LogP contribution in [-0.4, -0.2) is 46.0 Å². The van der Waals surface area contributed by atoms with E-state index in [0.29, 0.717) is 37.3 Å². The van der Waals surface area contributed by atoms with Crippen LogP contribution >= 0.6 is 0 Å². The number of aromatic nitrogens is 4. The Kier molecular flexibility index (Phi) is 3.60. The average molecular weight is 317 g/mol. The van der Waals surface area contributed by atoms with Gasteiger partial charge in [0.25, 0.3) is 0 Å². The molecule has 1 saturated carbocycles. The molecule has 0 radical (unpaired) electrons. The van der Waals surface area contributed by atoms with E-state index in [1.807, 2.05) is 11.0 Å². The highest BCUT2D eigenvalue weighted by Gasteiger charge is 2.33. The quantitative estimate of drug-likeness (QED) is 0.774. The van der Waals surface area contributed by atoms with Crippen LogP contribution < -0.4 is 16.0 Å². The van der Waals surface area contributed by atoms with Crippen LogP contribution in [0.2, 0.25) is 0 Å². The molecule has 2 aromatic rings. The largest absolute Gasteiger partial charge is 0.337 e. The molecule has 0 amide bonds. The van der Waals surface area contributed by atoms with Crippen LogP contribution in [0.25, 0.3) is 0 Å². The molecule has 7 nitrogen and oxygen atoms in total. The van der Waals surface area contributed by atoms with E-state index in [1.54, 1.807) is 12.3 Å². The van der Waals surface area contributed by atoms with Crippen molar-refractivity contribution in [1.29, 1.82) is 0 Å². The van der Waals surface area contributed by atoms with Gasteiger partial charge >= 0.3 is 0 Å². The van der Waals surface area contributed by atoms with Crippen molar-refractivity contribution in [2.75, 3.05) is 29.9 Å². The normalized spacial score (nSPS) is 24.2. The maximum atomic E-state index is 13.8. The van der Waals surface area contributed by atoms with Gasteiger partial charge in [-0.1, -0.05) is 0 Å². The highest BCUT2D eigenvalue weighted by molar-refractivity contribution is 5.54. The fraction of sp³-hybridized carbons (Fsp3) is 0.533. The lowest BCUT2D eigenvalue weighted by Gasteiger charge is -2.16. The van der Waals surface area contributed by atoms with Crippen molar-refractivity contribution in [3.63, 3.8) is 0 Å². The second-order valence-corrected chi connectivity index (χ2v) is 6.27. The Balaban J connectivity index is 1.47. The maximum Gasteiger partial charge on any atom is 0.227 e. The topological polar surface area (TPSA) is 95.8 Å². The lowest BCUT2D eigenvalue weighted by Crippen LogP contribution is -2.24. The number of hydrogen-bond donors (Lipinski definition) is 3. The number of nitrogens with zero attached hydrogens (tertiary/aromatic N) is 4. The van der Waals surface area contributed by atoms with Crippen molar-refractivity contribution in [2.24, 2.45) is 11.7 Å². The molecular formula is C15H20FN7. The number of H-pyrrole nitrogens is 1. The van der Waals surface area contributed by atoms with Crippen LogP contribution in [-0.2, 0) is 0 Å². The van der Waals surface area contributed by atoms with E-state index < -0.39 is 6.17 Å². The summed E-state index contributed by atoms with van der Waals surface area (Å²) in [5, 5.41) is 10.5. The first-order valence-corrected chi connectivity index (χ1v) is 7.97. The highest BCUT2D eigenvalue weighted by Crippen LogP contribution is 2.39. The molecule has 1 aliphatic carbocycles. The molecule has 8 heteroatoms. The number of rotatable bonds is 5. The molecule has 2 atom stereocenters. The van der Waals surface area contributed by atoms with Gasteiger partial charge in [-0.3, -0.25) is 5.10 Å². The molecule has 3 heterocycles. The van der Waals surface area contributed by atoms with Crippen LogP contribution in [0, 0.1) is 5.92 Å². The summed E-state index contributed by atoms with van der Waals surface area (Å²) < 4.78 is 13.8. The van der Waals surface area contributed by atoms with E-state index in [9.17, 15) is 4.39 Å². The monoisotopic (exact) mass is 317 g/mol. The number of hydrogen-bond acceptors (Lipinski definition) is 6. The number of aromatic amines is 1. The van der Waals surface area contributed by atoms with Gasteiger partial charge in [-0.25, -0.2) is 9.37 Å². The minimum Gasteiger partial charge on any atom is -0.337 e. The first-order chi connectivity index (χ1) is 11.2. The number of anilines is 3. The summed E-state index contributed by atoms with van der Waals surface area (Å²) in [5.74, 6) is 2.38. The van der Waals surface area contributed by atoms with Crippen molar-refractivity contribution in [2.45, 2.75) is 24.9 Å². The molecule has 0 spiro atoms. The van der Waals surface area contributed by atoms with Crippen molar-refractivity contribution >= 4 is 17.6 Å². The van der Waals surface area contributed by atoms with Crippen molar-refractivity contribution in [1.82, 2.24) is 20.2 Å². The van der Waals surface area contributed by atoms with Gasteiger partial charge < -0.3 is 16.0 Å². The summed E-state index contributed by atoms with van der Waals surface area (Å²) in [5.41, 5.74) is 6.76. The van der Waals surface area contributed by atoms with Gasteiger partial charge in [0.2, 0.25) is 5.95 Å². The van der Waals surface area contributed by atoms with E-state index in [0.717, 1.165) is 11.5 Å². The third-order valence-electron chi connectivity index (χ3n) is 4.46. The zero-order chi connectivity index (χ0) is 15.8. The zero-order valence-electron chi connectivity index (χ0n) is 12.7. The van der Waals surface area contributed by atoms with E-state index in [4.69, 9.17) is 5.73 Å². The van der Waals surface area contributed by atoms with Crippen LogP contribution in [0.5, 0.6) is 0 Å². The summed E-state index contributed by atoms with van der Waals surface area (Å²) in [6.45, 7) is 1.18. The standard InChI is InChI=1S/C15H20FN7/c16-11-8-23(7-10(11)6-17)15-18-4-3-13(20-15)19-14-5-12(21-22-14)9-1-2-9/h3-5,9-11H,1-2,6-8,17H2,(H2,18,19,20,21,22). The molecule has 1 saturated heterocycles. The molecule has 2 aliphatic rings. The number of nitrogens with one attached hydrogen (secondary N) is 2. The SMILES string of the molecule is NCC1CN(c2nccc(Nc3cc(C4CC4)[nH]n3)n2)CC1F. The Bertz CT molecular complexity index is 684. The van der Waals surface area contributed by atoms with Crippen LogP contribution in [0.3, 0.4) is 0 Å². The predicted octanol–water partition coefficient (Wildman–Crippen LogP) is 1.55. The third-order valence-corrected chi connectivity index (χ3v) is 4.46. The van der Waals surface area contributed by atoms with E-state index in [-0.39, 0.29) is 5.92 Å². The average Bonchev–Trinajstić information content (AvgIpc) is 3.19. The van der Waals surface area contributed by atoms with Gasteiger partial charge in [-0.2, -0.15) is 10.1 Å². The zero-order valence-corrected chi connectivity index (χ0v) is 12.7. The first-order valence-electron chi connectivity index (χ1n) is 7.97. The van der Waals surface area contributed by atoms with Crippen LogP contribution in [0.1, 0.15) is 24.5 Å². The molecule has 2 aromatic heterocycles. The van der Waals surface area contributed by atoms with Crippen molar-refractivity contribution < 1.29 is 4.39 Å². The number of halogens is 1. The summed E-state index contributed by atoms with van der Waals surface area (Å²) >= 11 is 0. The fourth-order valence-corrected chi connectivity index (χ4v) is 2.92. The Hall–Kier alpha value is -2.22. The van der Waals surface area contributed by atoms with Crippen molar-refractivity contribution in [3.05, 3.63) is 24.0 Å². The predicted molar refractivity (Wildman–Crippen MR) is 85.5 cm³/mol. The van der Waals surface area contributed by atoms with Gasteiger partial charge in [0, 0.05) is 36.3 Å². The lowest BCUT2D eigenvalue weighted by atomic mass is 10.1. The summed E-state index contributed by atoms with van der Waals surface area (Å²) in [4.78, 5) is 10.6. The van der Waals surface area contributed by atoms with E-state index >= 15 is 0 Å². The maximum absolute atomic E-state index is 13.8. The minimum atomic E-state index is -0.923. The van der Waals surface area contributed by atoms with Gasteiger partial charge in [-0.05, 0) is 25.5 Å². The molecule has 4 rings (SSSR count). The van der Waals surface area contributed by atoms with Crippen LogP contribution in [0.15, 0.2) is 18.3 Å². The molecule has 4 N–H and O–H groups in total. The summed E-state index contributed by atoms with van der Waals surface area (Å²) in [6, 6.07) is 3.79. The van der Waals surface area contributed by atoms with Gasteiger partial charge in [0.15, 0.2) is 5.82 Å². The Morgan fingerprint density at radius 1 is 1.35 bits per heavy atom. The van der Waals surface area contributed by atoms with Gasteiger partial charge in [0.05, 0.1) is 6.54 Å². The summed E-state index contributed by atoms with van der Waals surface area (Å²) in [6.07, 6.45) is 3.19. The van der Waals surface area contributed by atoms with Crippen molar-refractivity contribution in [3.8, 4) is 0 Å². The Morgan fingerprint density at radius 3 is 2.96 bits per heavy atom. The Morgan fingerprint density at radius 2 is 2.22 bits per heavy atom. The van der Waals surface area contributed by atoms with E-state index in [2.05, 4.69) is 25.5 Å². The summed E-state index contributed by atoms with van der Waals surface area (Å²) in [7, 11) is 0. The Labute approximate surface area is 133 Å². The number of nitrogens with two attached hydrogens (primary N) is 1. The first kappa shape index (κ1) is 14.4. The molecule has 2 unspecified atom stereocenters. The molecule has 0 bridgehead atoms. The smallest absolute Gasteiger partial charge is 0.227 e. The van der Waals surface area contributed by atoms with Crippen LogP contribution in [0.4, 0.5) is 22.0 Å². The minimum absolute atomic E-state index is 0.150. The van der Waals surface area contributed by atoms with Gasteiger partial charge in [-0.15, -0.1) is 0 Å². The van der Waals surface area contributed by atoms with E-state index in [1.165, 1.54) is 12.8 Å². The molecule has 23 heavy (non-hydrogen) atoms. The molecule has 0 aromatic carbocycles. The molecule has 1 aliphatic heterocycles. The van der Waals surface area contributed by atoms with Gasteiger partial charge in [0.1, 0.15) is 12.0 Å². The fourth-order valence-electron chi connectivity index (χ4n) is 2.92. The second-order valence-electron chi connectivity index (χ2n) is 6.27. The molecular weight excluding hydrogens is 297 g/mol.